The highest BCUT2D eigenvalue weighted by molar-refractivity contribution is 7.09. The van der Waals surface area contributed by atoms with Crippen LogP contribution in [0.1, 0.15) is 23.3 Å². The second-order valence-corrected chi connectivity index (χ2v) is 7.39. The summed E-state index contributed by atoms with van der Waals surface area (Å²) in [7, 11) is 1.60. The van der Waals surface area contributed by atoms with Gasteiger partial charge >= 0.3 is 0 Å². The summed E-state index contributed by atoms with van der Waals surface area (Å²) in [5, 5.41) is 2.04. The summed E-state index contributed by atoms with van der Waals surface area (Å²) in [5.74, 6) is 1.93. The second kappa shape index (κ2) is 7.41. The van der Waals surface area contributed by atoms with Crippen LogP contribution in [0.5, 0.6) is 17.2 Å². The van der Waals surface area contributed by atoms with Crippen LogP contribution in [0.3, 0.4) is 0 Å². The smallest absolute Gasteiger partial charge is 0.247 e. The fraction of sp³-hybridized carbons (Fsp3) is 0.350. The number of carbonyl (C=O) groups excluding carboxylic acids is 1. The van der Waals surface area contributed by atoms with Crippen LogP contribution < -0.4 is 14.2 Å². The van der Waals surface area contributed by atoms with E-state index in [1.165, 1.54) is 4.88 Å². The maximum Gasteiger partial charge on any atom is 0.247 e. The minimum atomic E-state index is 0.0368. The molecule has 0 unspecified atom stereocenters. The predicted octanol–water partition coefficient (Wildman–Crippen LogP) is 3.73. The SMILES string of the molecule is COc1cc(/C=C/C(=O)N(Cc2cccs2)C2CC2)cc2c1OCCO2. The summed E-state index contributed by atoms with van der Waals surface area (Å²) in [4.78, 5) is 15.9. The first-order valence-corrected chi connectivity index (χ1v) is 9.61. The van der Waals surface area contributed by atoms with E-state index in [9.17, 15) is 4.79 Å². The van der Waals surface area contributed by atoms with E-state index < -0.39 is 0 Å². The van der Waals surface area contributed by atoms with Crippen molar-refractivity contribution in [1.82, 2.24) is 4.90 Å². The summed E-state index contributed by atoms with van der Waals surface area (Å²) in [6.07, 6.45) is 5.62. The van der Waals surface area contributed by atoms with Gasteiger partial charge in [0, 0.05) is 17.0 Å². The van der Waals surface area contributed by atoms with Crippen LogP contribution in [-0.2, 0) is 11.3 Å². The van der Waals surface area contributed by atoms with Crippen molar-refractivity contribution in [2.45, 2.75) is 25.4 Å². The minimum Gasteiger partial charge on any atom is -0.493 e. The Morgan fingerprint density at radius 3 is 2.92 bits per heavy atom. The van der Waals surface area contributed by atoms with Gasteiger partial charge in [-0.15, -0.1) is 11.3 Å². The van der Waals surface area contributed by atoms with Gasteiger partial charge in [-0.1, -0.05) is 6.07 Å². The molecule has 0 spiro atoms. The molecule has 1 aromatic heterocycles. The van der Waals surface area contributed by atoms with E-state index in [0.29, 0.717) is 43.0 Å². The van der Waals surface area contributed by atoms with Gasteiger partial charge in [-0.05, 0) is 48.1 Å². The summed E-state index contributed by atoms with van der Waals surface area (Å²) in [5.41, 5.74) is 0.853. The quantitative estimate of drug-likeness (QED) is 0.726. The van der Waals surface area contributed by atoms with E-state index in [4.69, 9.17) is 14.2 Å². The van der Waals surface area contributed by atoms with Crippen LogP contribution in [0.25, 0.3) is 6.08 Å². The zero-order chi connectivity index (χ0) is 17.9. The molecule has 1 aliphatic heterocycles. The van der Waals surface area contributed by atoms with Crippen molar-refractivity contribution in [3.8, 4) is 17.2 Å². The number of nitrogens with zero attached hydrogens (tertiary/aromatic N) is 1. The Morgan fingerprint density at radius 1 is 1.35 bits per heavy atom. The van der Waals surface area contributed by atoms with Crippen LogP contribution in [0, 0.1) is 0 Å². The van der Waals surface area contributed by atoms with E-state index in [0.717, 1.165) is 18.4 Å². The van der Waals surface area contributed by atoms with E-state index >= 15 is 0 Å². The molecule has 2 heterocycles. The van der Waals surface area contributed by atoms with Crippen LogP contribution in [0.4, 0.5) is 0 Å². The standard InChI is InChI=1S/C20H21NO4S/c1-23-17-11-14(12-18-20(17)25-9-8-24-18)4-7-19(22)21(15-5-6-15)13-16-3-2-10-26-16/h2-4,7,10-12,15H,5-6,8-9,13H2,1H3/b7-4+. The lowest BCUT2D eigenvalue weighted by Crippen LogP contribution is -2.30. The van der Waals surface area contributed by atoms with Crippen molar-refractivity contribution in [3.05, 3.63) is 46.2 Å². The van der Waals surface area contributed by atoms with Gasteiger partial charge in [0.15, 0.2) is 11.5 Å². The molecule has 0 radical (unpaired) electrons. The number of amides is 1. The molecule has 1 aromatic carbocycles. The third kappa shape index (κ3) is 3.70. The Balaban J connectivity index is 1.52. The molecule has 0 N–H and O–H groups in total. The topological polar surface area (TPSA) is 48.0 Å². The maximum atomic E-state index is 12.7. The van der Waals surface area contributed by atoms with Crippen molar-refractivity contribution >= 4 is 23.3 Å². The number of hydrogen-bond acceptors (Lipinski definition) is 5. The highest BCUT2D eigenvalue weighted by atomic mass is 32.1. The summed E-state index contributed by atoms with van der Waals surface area (Å²) in [6, 6.07) is 8.19. The zero-order valence-corrected chi connectivity index (χ0v) is 15.5. The van der Waals surface area contributed by atoms with Gasteiger partial charge in [-0.2, -0.15) is 0 Å². The molecule has 26 heavy (non-hydrogen) atoms. The van der Waals surface area contributed by atoms with Crippen LogP contribution in [0.15, 0.2) is 35.7 Å². The van der Waals surface area contributed by atoms with Crippen molar-refractivity contribution in [2.75, 3.05) is 20.3 Å². The van der Waals surface area contributed by atoms with Crippen molar-refractivity contribution in [1.29, 1.82) is 0 Å². The number of thiophene rings is 1. The monoisotopic (exact) mass is 371 g/mol. The highest BCUT2D eigenvalue weighted by Crippen LogP contribution is 2.40. The number of hydrogen-bond donors (Lipinski definition) is 0. The molecule has 136 valence electrons. The molecule has 6 heteroatoms. The number of fused-ring (bicyclic) bond motifs is 1. The zero-order valence-electron chi connectivity index (χ0n) is 14.6. The number of methoxy groups -OCH3 is 1. The molecular weight excluding hydrogens is 350 g/mol. The molecule has 1 saturated carbocycles. The van der Waals surface area contributed by atoms with Gasteiger partial charge < -0.3 is 19.1 Å². The first-order chi connectivity index (χ1) is 12.7. The molecule has 1 aliphatic carbocycles. The van der Waals surface area contributed by atoms with Crippen molar-refractivity contribution in [2.24, 2.45) is 0 Å². The van der Waals surface area contributed by atoms with Crippen molar-refractivity contribution < 1.29 is 19.0 Å². The molecule has 5 nitrogen and oxygen atoms in total. The second-order valence-electron chi connectivity index (χ2n) is 6.36. The number of ether oxygens (including phenoxy) is 3. The first kappa shape index (κ1) is 17.0. The molecule has 1 amide bonds. The lowest BCUT2D eigenvalue weighted by molar-refractivity contribution is -0.127. The van der Waals surface area contributed by atoms with Crippen LogP contribution in [0.2, 0.25) is 0 Å². The summed E-state index contributed by atoms with van der Waals surface area (Å²) >= 11 is 1.68. The molecule has 1 fully saturated rings. The van der Waals surface area contributed by atoms with Gasteiger partial charge in [0.2, 0.25) is 11.7 Å². The van der Waals surface area contributed by atoms with Gasteiger partial charge in [0.25, 0.3) is 0 Å². The van der Waals surface area contributed by atoms with Gasteiger partial charge in [-0.3, -0.25) is 4.79 Å². The average Bonchev–Trinajstić information content (AvgIpc) is 3.38. The Bertz CT molecular complexity index is 794. The number of benzene rings is 1. The Kier molecular flexibility index (Phi) is 4.84. The molecule has 2 aromatic rings. The summed E-state index contributed by atoms with van der Waals surface area (Å²) < 4.78 is 16.7. The molecule has 0 bridgehead atoms. The lowest BCUT2D eigenvalue weighted by Gasteiger charge is -2.21. The largest absolute Gasteiger partial charge is 0.493 e. The van der Waals surface area contributed by atoms with Gasteiger partial charge in [0.1, 0.15) is 13.2 Å². The van der Waals surface area contributed by atoms with E-state index in [1.807, 2.05) is 34.6 Å². The van der Waals surface area contributed by atoms with E-state index in [2.05, 4.69) is 6.07 Å². The third-order valence-corrected chi connectivity index (χ3v) is 5.31. The Hall–Kier alpha value is -2.47. The van der Waals surface area contributed by atoms with Crippen LogP contribution in [-0.4, -0.2) is 37.2 Å². The Labute approximate surface area is 156 Å². The summed E-state index contributed by atoms with van der Waals surface area (Å²) in [6.45, 7) is 1.70. The molecule has 0 atom stereocenters. The molecule has 4 rings (SSSR count). The number of rotatable bonds is 6. The van der Waals surface area contributed by atoms with Crippen LogP contribution >= 0.6 is 11.3 Å². The van der Waals surface area contributed by atoms with Gasteiger partial charge in [0.05, 0.1) is 13.7 Å². The van der Waals surface area contributed by atoms with E-state index in [1.54, 1.807) is 24.5 Å². The number of carbonyl (C=O) groups is 1. The highest BCUT2D eigenvalue weighted by Gasteiger charge is 2.31. The molecule has 2 aliphatic rings. The maximum absolute atomic E-state index is 12.7. The normalized spacial score (nSPS) is 15.9. The average molecular weight is 371 g/mol. The molecule has 0 saturated heterocycles. The third-order valence-electron chi connectivity index (χ3n) is 4.45. The van der Waals surface area contributed by atoms with Crippen molar-refractivity contribution in [3.63, 3.8) is 0 Å². The minimum absolute atomic E-state index is 0.0368. The Morgan fingerprint density at radius 2 is 2.19 bits per heavy atom. The first-order valence-electron chi connectivity index (χ1n) is 8.73. The fourth-order valence-electron chi connectivity index (χ4n) is 3.00. The predicted molar refractivity (Wildman–Crippen MR) is 101 cm³/mol. The fourth-order valence-corrected chi connectivity index (χ4v) is 3.70. The molecular formula is C20H21NO4S. The van der Waals surface area contributed by atoms with Gasteiger partial charge in [-0.25, -0.2) is 0 Å². The lowest BCUT2D eigenvalue weighted by atomic mass is 10.1. The van der Waals surface area contributed by atoms with E-state index in [-0.39, 0.29) is 5.91 Å².